The summed E-state index contributed by atoms with van der Waals surface area (Å²) in [5.41, 5.74) is 0.509. The predicted octanol–water partition coefficient (Wildman–Crippen LogP) is 4.58. The maximum atomic E-state index is 13.3. The number of nitrogens with one attached hydrogen (secondary N) is 1. The first-order valence-electron chi connectivity index (χ1n) is 9.20. The topological polar surface area (TPSA) is 78.7 Å². The van der Waals surface area contributed by atoms with Gasteiger partial charge in [-0.2, -0.15) is 5.26 Å². The van der Waals surface area contributed by atoms with Gasteiger partial charge in [0.05, 0.1) is 11.8 Å². The van der Waals surface area contributed by atoms with Crippen LogP contribution in [0, 0.1) is 23.1 Å². The molecular formula is C22H21FN4OS. The number of carbonyl (C=O) groups is 1. The van der Waals surface area contributed by atoms with Gasteiger partial charge in [-0.25, -0.2) is 4.39 Å². The van der Waals surface area contributed by atoms with E-state index < -0.39 is 5.54 Å². The fraction of sp³-hybridized carbons (Fsp3) is 0.273. The molecule has 0 radical (unpaired) electrons. The third-order valence-corrected chi connectivity index (χ3v) is 5.88. The number of aromatic nitrogens is 2. The molecule has 0 saturated heterocycles. The Kier molecular flexibility index (Phi) is 6.14. The average molecular weight is 409 g/mol. The van der Waals surface area contributed by atoms with Gasteiger partial charge in [-0.1, -0.05) is 49.9 Å². The van der Waals surface area contributed by atoms with Gasteiger partial charge in [0.1, 0.15) is 22.1 Å². The SMILES string of the molecule is CC(C)[C@](C)(C#N)NC(=O)CSc1nnc(-c2ccc(F)cc2)c2ccccc12. The van der Waals surface area contributed by atoms with E-state index in [1.807, 2.05) is 38.1 Å². The minimum atomic E-state index is -0.919. The molecule has 148 valence electrons. The van der Waals surface area contributed by atoms with Gasteiger partial charge < -0.3 is 5.32 Å². The molecule has 2 aromatic carbocycles. The van der Waals surface area contributed by atoms with E-state index >= 15 is 0 Å². The lowest BCUT2D eigenvalue weighted by atomic mass is 9.90. The van der Waals surface area contributed by atoms with Crippen LogP contribution in [0.1, 0.15) is 20.8 Å². The minimum Gasteiger partial charge on any atom is -0.337 e. The number of hydrogen-bond acceptors (Lipinski definition) is 5. The van der Waals surface area contributed by atoms with Gasteiger partial charge >= 0.3 is 0 Å². The number of nitriles is 1. The summed E-state index contributed by atoms with van der Waals surface area (Å²) in [6, 6.07) is 15.9. The quantitative estimate of drug-likeness (QED) is 0.604. The van der Waals surface area contributed by atoms with Crippen LogP contribution >= 0.6 is 11.8 Å². The smallest absolute Gasteiger partial charge is 0.231 e. The number of hydrogen-bond donors (Lipinski definition) is 1. The molecular weight excluding hydrogens is 387 g/mol. The van der Waals surface area contributed by atoms with Crippen molar-refractivity contribution in [2.45, 2.75) is 31.3 Å². The third-order valence-electron chi connectivity index (χ3n) is 4.90. The fourth-order valence-electron chi connectivity index (χ4n) is 2.77. The first-order valence-corrected chi connectivity index (χ1v) is 10.2. The van der Waals surface area contributed by atoms with E-state index in [4.69, 9.17) is 0 Å². The van der Waals surface area contributed by atoms with Gasteiger partial charge in [0, 0.05) is 16.3 Å². The highest BCUT2D eigenvalue weighted by Gasteiger charge is 2.30. The van der Waals surface area contributed by atoms with E-state index in [9.17, 15) is 14.4 Å². The van der Waals surface area contributed by atoms with E-state index in [0.29, 0.717) is 10.7 Å². The van der Waals surface area contributed by atoms with Crippen molar-refractivity contribution in [3.05, 3.63) is 54.3 Å². The molecule has 0 aliphatic carbocycles. The van der Waals surface area contributed by atoms with Gasteiger partial charge in [-0.05, 0) is 37.1 Å². The Morgan fingerprint density at radius 3 is 2.45 bits per heavy atom. The number of benzene rings is 2. The predicted molar refractivity (Wildman–Crippen MR) is 113 cm³/mol. The molecule has 0 aliphatic heterocycles. The van der Waals surface area contributed by atoms with Crippen LogP contribution in [0.4, 0.5) is 4.39 Å². The molecule has 29 heavy (non-hydrogen) atoms. The number of amides is 1. The highest BCUT2D eigenvalue weighted by Crippen LogP contribution is 2.31. The largest absolute Gasteiger partial charge is 0.337 e. The molecule has 1 N–H and O–H groups in total. The molecule has 0 aliphatic rings. The zero-order chi connectivity index (χ0) is 21.0. The molecule has 0 fully saturated rings. The van der Waals surface area contributed by atoms with Gasteiger partial charge in [-0.3, -0.25) is 4.79 Å². The molecule has 1 aromatic heterocycles. The number of halogens is 1. The molecule has 1 amide bonds. The highest BCUT2D eigenvalue weighted by atomic mass is 32.2. The molecule has 3 rings (SSSR count). The van der Waals surface area contributed by atoms with E-state index in [-0.39, 0.29) is 23.4 Å². The van der Waals surface area contributed by atoms with Crippen molar-refractivity contribution in [2.24, 2.45) is 5.92 Å². The van der Waals surface area contributed by atoms with Crippen LogP contribution in [-0.2, 0) is 4.79 Å². The molecule has 1 atom stereocenters. The number of rotatable bonds is 6. The summed E-state index contributed by atoms with van der Waals surface area (Å²) in [5, 5.41) is 23.2. The molecule has 0 saturated carbocycles. The molecule has 3 aromatic rings. The van der Waals surface area contributed by atoms with E-state index in [1.54, 1.807) is 19.1 Å². The Balaban J connectivity index is 1.85. The first-order chi connectivity index (χ1) is 13.8. The van der Waals surface area contributed by atoms with Crippen molar-refractivity contribution in [3.8, 4) is 17.3 Å². The van der Waals surface area contributed by atoms with Gasteiger partial charge in [0.2, 0.25) is 5.91 Å². The van der Waals surface area contributed by atoms with Crippen LogP contribution in [0.3, 0.4) is 0 Å². The second kappa shape index (κ2) is 8.58. The molecule has 7 heteroatoms. The van der Waals surface area contributed by atoms with Gasteiger partial charge in [0.25, 0.3) is 0 Å². The van der Waals surface area contributed by atoms with Crippen molar-refractivity contribution < 1.29 is 9.18 Å². The Morgan fingerprint density at radius 2 is 1.83 bits per heavy atom. The summed E-state index contributed by atoms with van der Waals surface area (Å²) in [5.74, 6) is -0.438. The molecule has 5 nitrogen and oxygen atoms in total. The lowest BCUT2D eigenvalue weighted by Gasteiger charge is -2.27. The van der Waals surface area contributed by atoms with Crippen LogP contribution < -0.4 is 5.32 Å². The van der Waals surface area contributed by atoms with Crippen LogP contribution in [0.5, 0.6) is 0 Å². The highest BCUT2D eigenvalue weighted by molar-refractivity contribution is 8.00. The second-order valence-electron chi connectivity index (χ2n) is 7.21. The van der Waals surface area contributed by atoms with Crippen LogP contribution in [-0.4, -0.2) is 27.4 Å². The van der Waals surface area contributed by atoms with Crippen LogP contribution in [0.25, 0.3) is 22.0 Å². The zero-order valence-electron chi connectivity index (χ0n) is 16.4. The van der Waals surface area contributed by atoms with Crippen molar-refractivity contribution >= 4 is 28.4 Å². The zero-order valence-corrected chi connectivity index (χ0v) is 17.3. The fourth-order valence-corrected chi connectivity index (χ4v) is 3.54. The van der Waals surface area contributed by atoms with Crippen molar-refractivity contribution in [2.75, 3.05) is 5.75 Å². The summed E-state index contributed by atoms with van der Waals surface area (Å²) in [4.78, 5) is 12.4. The lowest BCUT2D eigenvalue weighted by molar-refractivity contribution is -0.120. The summed E-state index contributed by atoms with van der Waals surface area (Å²) >= 11 is 1.27. The summed E-state index contributed by atoms with van der Waals surface area (Å²) in [7, 11) is 0. The maximum Gasteiger partial charge on any atom is 0.231 e. The number of thioether (sulfide) groups is 1. The molecule has 1 heterocycles. The Labute approximate surface area is 173 Å². The molecule has 0 unspecified atom stereocenters. The van der Waals surface area contributed by atoms with E-state index in [1.165, 1.54) is 23.9 Å². The summed E-state index contributed by atoms with van der Waals surface area (Å²) < 4.78 is 13.3. The van der Waals surface area contributed by atoms with E-state index in [2.05, 4.69) is 21.6 Å². The summed E-state index contributed by atoms with van der Waals surface area (Å²) in [6.07, 6.45) is 0. The Bertz CT molecular complexity index is 1080. The number of fused-ring (bicyclic) bond motifs is 1. The van der Waals surface area contributed by atoms with Crippen molar-refractivity contribution in [1.29, 1.82) is 5.26 Å². The van der Waals surface area contributed by atoms with Gasteiger partial charge in [-0.15, -0.1) is 10.2 Å². The monoisotopic (exact) mass is 408 g/mol. The lowest BCUT2D eigenvalue weighted by Crippen LogP contribution is -2.49. The van der Waals surface area contributed by atoms with Gasteiger partial charge in [0.15, 0.2) is 0 Å². The first kappa shape index (κ1) is 20.7. The summed E-state index contributed by atoms with van der Waals surface area (Å²) in [6.45, 7) is 5.50. The standard InChI is InChI=1S/C22H21FN4OS/c1-14(2)22(3,13-24)25-19(28)12-29-21-18-7-5-4-6-17(18)20(26-27-21)15-8-10-16(23)11-9-15/h4-11,14H,12H2,1-3H3,(H,25,28)/t22-/m0/s1. The normalized spacial score (nSPS) is 13.1. The Hall–Kier alpha value is -2.98. The van der Waals surface area contributed by atoms with Crippen LogP contribution in [0.2, 0.25) is 0 Å². The Morgan fingerprint density at radius 1 is 1.17 bits per heavy atom. The average Bonchev–Trinajstić information content (AvgIpc) is 2.72. The van der Waals surface area contributed by atoms with Crippen LogP contribution in [0.15, 0.2) is 53.6 Å². The van der Waals surface area contributed by atoms with Crippen molar-refractivity contribution in [1.82, 2.24) is 15.5 Å². The maximum absolute atomic E-state index is 13.3. The molecule has 0 spiro atoms. The minimum absolute atomic E-state index is 0.0166. The second-order valence-corrected chi connectivity index (χ2v) is 8.18. The third kappa shape index (κ3) is 4.54. The van der Waals surface area contributed by atoms with Crippen molar-refractivity contribution in [3.63, 3.8) is 0 Å². The van der Waals surface area contributed by atoms with E-state index in [0.717, 1.165) is 16.3 Å². The number of nitrogens with zero attached hydrogens (tertiary/aromatic N) is 3. The number of carbonyl (C=O) groups excluding carboxylic acids is 1. The molecule has 0 bridgehead atoms.